The Balaban J connectivity index is 1.93. The van der Waals surface area contributed by atoms with Crippen molar-refractivity contribution in [3.05, 3.63) is 65.0 Å². The molecule has 4 heteroatoms. The molecule has 22 heavy (non-hydrogen) atoms. The summed E-state index contributed by atoms with van der Waals surface area (Å²) in [5.74, 6) is -0.116. The van der Waals surface area contributed by atoms with Crippen molar-refractivity contribution >= 4 is 22.6 Å². The summed E-state index contributed by atoms with van der Waals surface area (Å²) < 4.78 is 0. The van der Waals surface area contributed by atoms with E-state index in [1.165, 1.54) is 0 Å². The predicted octanol–water partition coefficient (Wildman–Crippen LogP) is 3.81. The van der Waals surface area contributed by atoms with Crippen LogP contribution in [0, 0.1) is 20.8 Å². The first-order chi connectivity index (χ1) is 10.5. The van der Waals surface area contributed by atoms with Gasteiger partial charge in [-0.2, -0.15) is 0 Å². The summed E-state index contributed by atoms with van der Waals surface area (Å²) >= 11 is 0. The second kappa shape index (κ2) is 5.56. The van der Waals surface area contributed by atoms with Gasteiger partial charge < -0.3 is 5.32 Å². The van der Waals surface area contributed by atoms with Crippen LogP contribution >= 0.6 is 0 Å². The summed E-state index contributed by atoms with van der Waals surface area (Å²) in [5.41, 5.74) is 5.78. The minimum absolute atomic E-state index is 0.116. The maximum absolute atomic E-state index is 12.3. The zero-order valence-electron chi connectivity index (χ0n) is 12.8. The minimum Gasteiger partial charge on any atom is -0.322 e. The number of aromatic nitrogens is 2. The number of fused-ring (bicyclic) bond motifs is 1. The number of hydrogen-bond donors (Lipinski definition) is 1. The summed E-state index contributed by atoms with van der Waals surface area (Å²) in [6.45, 7) is 5.79. The summed E-state index contributed by atoms with van der Waals surface area (Å²) in [6, 6.07) is 13.1. The van der Waals surface area contributed by atoms with Gasteiger partial charge in [-0.15, -0.1) is 0 Å². The third-order valence-electron chi connectivity index (χ3n) is 3.72. The molecular formula is C18H17N3O. The summed E-state index contributed by atoms with van der Waals surface area (Å²) in [4.78, 5) is 21.4. The van der Waals surface area contributed by atoms with Crippen molar-refractivity contribution in [3.63, 3.8) is 0 Å². The Morgan fingerprint density at radius 1 is 0.909 bits per heavy atom. The molecule has 0 fully saturated rings. The Morgan fingerprint density at radius 2 is 1.59 bits per heavy atom. The molecule has 0 aliphatic carbocycles. The molecule has 1 aromatic heterocycles. The van der Waals surface area contributed by atoms with Crippen molar-refractivity contribution in [2.75, 3.05) is 5.32 Å². The SMILES string of the molecule is Cc1ccccc1C(=O)Nc1ccc2nc(C)c(C)nc2c1. The van der Waals surface area contributed by atoms with E-state index in [0.29, 0.717) is 5.56 Å². The van der Waals surface area contributed by atoms with E-state index in [2.05, 4.69) is 15.3 Å². The molecule has 3 aromatic rings. The monoisotopic (exact) mass is 291 g/mol. The number of carbonyl (C=O) groups excluding carboxylic acids is 1. The third kappa shape index (κ3) is 2.68. The van der Waals surface area contributed by atoms with Gasteiger partial charge in [-0.3, -0.25) is 4.79 Å². The molecule has 0 unspecified atom stereocenters. The number of amides is 1. The molecule has 0 atom stereocenters. The number of hydrogen-bond acceptors (Lipinski definition) is 3. The Morgan fingerprint density at radius 3 is 2.32 bits per heavy atom. The van der Waals surface area contributed by atoms with Gasteiger partial charge in [-0.25, -0.2) is 9.97 Å². The van der Waals surface area contributed by atoms with Crippen molar-refractivity contribution in [2.45, 2.75) is 20.8 Å². The van der Waals surface area contributed by atoms with E-state index in [1.807, 2.05) is 63.2 Å². The number of nitrogens with zero attached hydrogens (tertiary/aromatic N) is 2. The van der Waals surface area contributed by atoms with Gasteiger partial charge in [0.05, 0.1) is 22.4 Å². The summed E-state index contributed by atoms with van der Waals surface area (Å²) in [7, 11) is 0. The van der Waals surface area contributed by atoms with E-state index in [1.54, 1.807) is 0 Å². The zero-order chi connectivity index (χ0) is 15.7. The number of rotatable bonds is 2. The smallest absolute Gasteiger partial charge is 0.255 e. The van der Waals surface area contributed by atoms with Crippen molar-refractivity contribution in [3.8, 4) is 0 Å². The van der Waals surface area contributed by atoms with Crippen molar-refractivity contribution < 1.29 is 4.79 Å². The first kappa shape index (κ1) is 14.2. The molecule has 1 heterocycles. The van der Waals surface area contributed by atoms with Crippen LogP contribution < -0.4 is 5.32 Å². The predicted molar refractivity (Wildman–Crippen MR) is 88.1 cm³/mol. The zero-order valence-corrected chi connectivity index (χ0v) is 12.8. The van der Waals surface area contributed by atoms with Crippen LogP contribution in [0.2, 0.25) is 0 Å². The maximum Gasteiger partial charge on any atom is 0.255 e. The molecule has 0 radical (unpaired) electrons. The van der Waals surface area contributed by atoms with Crippen LogP contribution in [0.15, 0.2) is 42.5 Å². The van der Waals surface area contributed by atoms with E-state index in [-0.39, 0.29) is 5.91 Å². The Kier molecular flexibility index (Phi) is 3.59. The van der Waals surface area contributed by atoms with Crippen molar-refractivity contribution in [2.24, 2.45) is 0 Å². The number of anilines is 1. The molecule has 0 saturated heterocycles. The molecule has 0 aliphatic rings. The molecule has 0 spiro atoms. The second-order valence-corrected chi connectivity index (χ2v) is 5.37. The minimum atomic E-state index is -0.116. The Labute approximate surface area is 129 Å². The van der Waals surface area contributed by atoms with Crippen LogP contribution in [0.4, 0.5) is 5.69 Å². The van der Waals surface area contributed by atoms with Crippen LogP contribution in [-0.2, 0) is 0 Å². The molecule has 0 bridgehead atoms. The van der Waals surface area contributed by atoms with Crippen molar-refractivity contribution in [1.82, 2.24) is 9.97 Å². The van der Waals surface area contributed by atoms with E-state index in [0.717, 1.165) is 33.7 Å². The highest BCUT2D eigenvalue weighted by Gasteiger charge is 2.09. The second-order valence-electron chi connectivity index (χ2n) is 5.37. The first-order valence-electron chi connectivity index (χ1n) is 7.16. The molecule has 1 N–H and O–H groups in total. The quantitative estimate of drug-likeness (QED) is 0.781. The lowest BCUT2D eigenvalue weighted by Crippen LogP contribution is -2.13. The Hall–Kier alpha value is -2.75. The Bertz CT molecular complexity index is 871. The fourth-order valence-corrected chi connectivity index (χ4v) is 2.33. The lowest BCUT2D eigenvalue weighted by Gasteiger charge is -2.09. The average molecular weight is 291 g/mol. The fourth-order valence-electron chi connectivity index (χ4n) is 2.33. The van der Waals surface area contributed by atoms with Crippen molar-refractivity contribution in [1.29, 1.82) is 0 Å². The van der Waals surface area contributed by atoms with Gasteiger partial charge in [0.2, 0.25) is 0 Å². The third-order valence-corrected chi connectivity index (χ3v) is 3.72. The van der Waals surface area contributed by atoms with Crippen LogP contribution in [-0.4, -0.2) is 15.9 Å². The number of nitrogens with one attached hydrogen (secondary N) is 1. The lowest BCUT2D eigenvalue weighted by atomic mass is 10.1. The van der Waals surface area contributed by atoms with E-state index < -0.39 is 0 Å². The summed E-state index contributed by atoms with van der Waals surface area (Å²) in [6.07, 6.45) is 0. The fraction of sp³-hybridized carbons (Fsp3) is 0.167. The highest BCUT2D eigenvalue weighted by atomic mass is 16.1. The largest absolute Gasteiger partial charge is 0.322 e. The standard InChI is InChI=1S/C18H17N3O/c1-11-6-4-5-7-15(11)18(22)21-14-8-9-16-17(10-14)20-13(3)12(2)19-16/h4-10H,1-3H3,(H,21,22). The van der Waals surface area contributed by atoms with Gasteiger partial charge in [0.15, 0.2) is 0 Å². The van der Waals surface area contributed by atoms with Gasteiger partial charge >= 0.3 is 0 Å². The maximum atomic E-state index is 12.3. The lowest BCUT2D eigenvalue weighted by molar-refractivity contribution is 0.102. The van der Waals surface area contributed by atoms with Gasteiger partial charge in [0.25, 0.3) is 5.91 Å². The molecular weight excluding hydrogens is 274 g/mol. The molecule has 4 nitrogen and oxygen atoms in total. The summed E-state index contributed by atoms with van der Waals surface area (Å²) in [5, 5.41) is 2.92. The van der Waals surface area contributed by atoms with Crippen LogP contribution in [0.1, 0.15) is 27.3 Å². The number of benzene rings is 2. The van der Waals surface area contributed by atoms with E-state index in [9.17, 15) is 4.79 Å². The van der Waals surface area contributed by atoms with Crippen LogP contribution in [0.5, 0.6) is 0 Å². The molecule has 0 saturated carbocycles. The normalized spacial score (nSPS) is 10.7. The average Bonchev–Trinajstić information content (AvgIpc) is 2.49. The number of carbonyl (C=O) groups is 1. The molecule has 1 amide bonds. The highest BCUT2D eigenvalue weighted by molar-refractivity contribution is 6.05. The van der Waals surface area contributed by atoms with E-state index >= 15 is 0 Å². The molecule has 3 rings (SSSR count). The molecule has 110 valence electrons. The topological polar surface area (TPSA) is 54.9 Å². The van der Waals surface area contributed by atoms with Gasteiger partial charge in [-0.05, 0) is 50.6 Å². The highest BCUT2D eigenvalue weighted by Crippen LogP contribution is 2.19. The van der Waals surface area contributed by atoms with Crippen LogP contribution in [0.25, 0.3) is 11.0 Å². The first-order valence-corrected chi connectivity index (χ1v) is 7.16. The number of aryl methyl sites for hydroxylation is 3. The van der Waals surface area contributed by atoms with E-state index in [4.69, 9.17) is 0 Å². The van der Waals surface area contributed by atoms with Gasteiger partial charge in [0.1, 0.15) is 0 Å². The van der Waals surface area contributed by atoms with Crippen LogP contribution in [0.3, 0.4) is 0 Å². The molecule has 0 aliphatic heterocycles. The van der Waals surface area contributed by atoms with Gasteiger partial charge in [-0.1, -0.05) is 18.2 Å². The van der Waals surface area contributed by atoms with Gasteiger partial charge in [0, 0.05) is 11.3 Å². The molecule has 2 aromatic carbocycles.